The molecule has 0 saturated carbocycles. The number of carboxylic acids is 1. The van der Waals surface area contributed by atoms with E-state index in [1.54, 1.807) is 0 Å². The molecule has 0 spiro atoms. The molecule has 8 nitrogen and oxygen atoms in total. The molecular formula is C4H10N3NaO5P. The first-order chi connectivity index (χ1) is 5.72. The molecule has 5 N–H and O–H groups in total. The number of nitrogens with zero attached hydrogens (tertiary/aromatic N) is 2. The van der Waals surface area contributed by atoms with Crippen LogP contribution < -0.4 is 5.73 Å². The molecule has 0 aromatic rings. The molecule has 0 aliphatic carbocycles. The normalized spacial score (nSPS) is 11.8. The average molecular weight is 234 g/mol. The van der Waals surface area contributed by atoms with Crippen molar-refractivity contribution in [2.75, 3.05) is 13.6 Å². The SMILES string of the molecule is CN(CC(=O)O)/C(N)=N/P(=O)(O)O.[Na]. The van der Waals surface area contributed by atoms with E-state index in [2.05, 4.69) is 4.76 Å². The van der Waals surface area contributed by atoms with Gasteiger partial charge in [-0.2, -0.15) is 0 Å². The van der Waals surface area contributed by atoms with E-state index in [0.29, 0.717) is 0 Å². The number of hydrogen-bond donors (Lipinski definition) is 4. The second-order valence-corrected chi connectivity index (χ2v) is 3.45. The standard InChI is InChI=1S/C4H10N3O5P.Na/c1-7(2-3(8)9)4(5)6-13(10,11)12;/h2H2,1H3,(H,8,9)(H4,5,6,10,11,12);. The molecule has 0 unspecified atom stereocenters. The van der Waals surface area contributed by atoms with Gasteiger partial charge in [-0.3, -0.25) is 4.79 Å². The fourth-order valence-corrected chi connectivity index (χ4v) is 0.913. The van der Waals surface area contributed by atoms with Gasteiger partial charge in [0, 0.05) is 36.6 Å². The Kier molecular flexibility index (Phi) is 7.45. The minimum atomic E-state index is -4.59. The van der Waals surface area contributed by atoms with Crippen LogP contribution in [0.15, 0.2) is 4.76 Å². The minimum Gasteiger partial charge on any atom is -0.480 e. The Morgan fingerprint density at radius 1 is 1.57 bits per heavy atom. The molecule has 0 aliphatic heterocycles. The van der Waals surface area contributed by atoms with Crippen LogP contribution in [0.1, 0.15) is 0 Å². The van der Waals surface area contributed by atoms with Gasteiger partial charge in [0.15, 0.2) is 0 Å². The van der Waals surface area contributed by atoms with Crippen LogP contribution in [0.4, 0.5) is 0 Å². The summed E-state index contributed by atoms with van der Waals surface area (Å²) in [6.07, 6.45) is 0. The van der Waals surface area contributed by atoms with E-state index in [1.165, 1.54) is 7.05 Å². The van der Waals surface area contributed by atoms with Crippen molar-refractivity contribution in [1.82, 2.24) is 4.90 Å². The van der Waals surface area contributed by atoms with E-state index in [4.69, 9.17) is 20.6 Å². The van der Waals surface area contributed by atoms with E-state index >= 15 is 0 Å². The number of nitrogens with two attached hydrogens (primary N) is 1. The number of guanidine groups is 1. The summed E-state index contributed by atoms with van der Waals surface area (Å²) < 4.78 is 13.1. The molecule has 1 radical (unpaired) electrons. The van der Waals surface area contributed by atoms with Crippen LogP contribution >= 0.6 is 7.75 Å². The van der Waals surface area contributed by atoms with Gasteiger partial charge in [-0.15, -0.1) is 4.76 Å². The quantitative estimate of drug-likeness (QED) is 0.192. The Bertz CT molecular complexity index is 276. The zero-order valence-corrected chi connectivity index (χ0v) is 10.7. The molecule has 0 heterocycles. The number of aliphatic carboxylic acids is 1. The largest absolute Gasteiger partial charge is 0.480 e. The van der Waals surface area contributed by atoms with Crippen LogP contribution in [0.25, 0.3) is 0 Å². The maximum atomic E-state index is 10.3. The van der Waals surface area contributed by atoms with E-state index in [-0.39, 0.29) is 29.6 Å². The van der Waals surface area contributed by atoms with Crippen LogP contribution in [-0.2, 0) is 9.36 Å². The van der Waals surface area contributed by atoms with Crippen molar-refractivity contribution >= 4 is 49.2 Å². The minimum absolute atomic E-state index is 0. The molecule has 77 valence electrons. The van der Waals surface area contributed by atoms with Crippen LogP contribution in [0, 0.1) is 0 Å². The van der Waals surface area contributed by atoms with Gasteiger partial charge in [-0.25, -0.2) is 4.57 Å². The molecule has 0 aromatic heterocycles. The summed E-state index contributed by atoms with van der Waals surface area (Å²) in [7, 11) is -3.34. The Labute approximate surface area is 102 Å². The summed E-state index contributed by atoms with van der Waals surface area (Å²) in [6, 6.07) is 0. The summed E-state index contributed by atoms with van der Waals surface area (Å²) in [6.45, 7) is -0.477. The van der Waals surface area contributed by atoms with Crippen LogP contribution in [0.5, 0.6) is 0 Å². The maximum Gasteiger partial charge on any atom is 0.451 e. The molecule has 0 aromatic carbocycles. The van der Waals surface area contributed by atoms with Gasteiger partial charge >= 0.3 is 13.7 Å². The summed E-state index contributed by atoms with van der Waals surface area (Å²) >= 11 is 0. The van der Waals surface area contributed by atoms with Crippen LogP contribution in [-0.4, -0.2) is 74.9 Å². The third-order valence-corrected chi connectivity index (χ3v) is 1.46. The molecule has 0 amide bonds. The molecule has 0 aliphatic rings. The zero-order valence-electron chi connectivity index (χ0n) is 7.78. The molecule has 0 saturated heterocycles. The number of likely N-dealkylation sites (N-methyl/N-ethyl adjacent to an activating group) is 1. The van der Waals surface area contributed by atoms with E-state index in [9.17, 15) is 9.36 Å². The van der Waals surface area contributed by atoms with Crippen LogP contribution in [0.3, 0.4) is 0 Å². The van der Waals surface area contributed by atoms with Gasteiger partial charge in [0.1, 0.15) is 6.54 Å². The first-order valence-electron chi connectivity index (χ1n) is 3.06. The van der Waals surface area contributed by atoms with Gasteiger partial charge in [0.2, 0.25) is 5.96 Å². The number of carbonyl (C=O) groups is 1. The molecule has 0 rings (SSSR count). The first-order valence-corrected chi connectivity index (χ1v) is 4.63. The summed E-state index contributed by atoms with van der Waals surface area (Å²) in [5.41, 5.74) is 5.07. The third-order valence-electron chi connectivity index (χ3n) is 0.996. The number of hydrogen-bond acceptors (Lipinski definition) is 2. The molecule has 10 heteroatoms. The Morgan fingerprint density at radius 3 is 2.29 bits per heavy atom. The van der Waals surface area contributed by atoms with Crippen molar-refractivity contribution in [2.24, 2.45) is 10.5 Å². The van der Waals surface area contributed by atoms with Crippen LogP contribution in [0.2, 0.25) is 0 Å². The maximum absolute atomic E-state index is 10.3. The van der Waals surface area contributed by atoms with Gasteiger partial charge in [0.25, 0.3) is 0 Å². The third kappa shape index (κ3) is 8.49. The van der Waals surface area contributed by atoms with Crippen molar-refractivity contribution in [1.29, 1.82) is 0 Å². The smallest absolute Gasteiger partial charge is 0.451 e. The van der Waals surface area contributed by atoms with Crippen molar-refractivity contribution in [3.8, 4) is 0 Å². The summed E-state index contributed by atoms with van der Waals surface area (Å²) in [4.78, 5) is 27.7. The first kappa shape index (κ1) is 16.3. The monoisotopic (exact) mass is 234 g/mol. The van der Waals surface area contributed by atoms with E-state index in [0.717, 1.165) is 4.90 Å². The van der Waals surface area contributed by atoms with E-state index < -0.39 is 26.2 Å². The van der Waals surface area contributed by atoms with Crippen molar-refractivity contribution in [3.63, 3.8) is 0 Å². The summed E-state index contributed by atoms with van der Waals surface area (Å²) in [5.74, 6) is -1.69. The second kappa shape index (κ2) is 6.39. The predicted octanol–water partition coefficient (Wildman–Crippen LogP) is -1.97. The van der Waals surface area contributed by atoms with Gasteiger partial charge < -0.3 is 25.5 Å². The van der Waals surface area contributed by atoms with Gasteiger partial charge in [0.05, 0.1) is 0 Å². The average Bonchev–Trinajstić information content (AvgIpc) is 1.81. The zero-order chi connectivity index (χ0) is 10.6. The number of rotatable bonds is 3. The molecule has 0 atom stereocenters. The molecule has 0 bridgehead atoms. The van der Waals surface area contributed by atoms with E-state index in [1.807, 2.05) is 0 Å². The van der Waals surface area contributed by atoms with Gasteiger partial charge in [-0.05, 0) is 0 Å². The predicted molar refractivity (Wildman–Crippen MR) is 49.7 cm³/mol. The topological polar surface area (TPSA) is 136 Å². The number of carboxylic acid groups (broad SMARTS) is 1. The fourth-order valence-electron chi connectivity index (χ4n) is 0.494. The Hall–Kier alpha value is -0.110. The molecular weight excluding hydrogens is 224 g/mol. The second-order valence-electron chi connectivity index (χ2n) is 2.22. The summed E-state index contributed by atoms with van der Waals surface area (Å²) in [5, 5.41) is 8.28. The Morgan fingerprint density at radius 2 is 2.00 bits per heavy atom. The van der Waals surface area contributed by atoms with Crippen molar-refractivity contribution < 1.29 is 24.3 Å². The Balaban J connectivity index is 0. The van der Waals surface area contributed by atoms with Crippen molar-refractivity contribution in [2.45, 2.75) is 0 Å². The molecule has 14 heavy (non-hydrogen) atoms. The molecule has 0 fully saturated rings. The fraction of sp³-hybridized carbons (Fsp3) is 0.500. The van der Waals surface area contributed by atoms with Gasteiger partial charge in [-0.1, -0.05) is 0 Å². The van der Waals surface area contributed by atoms with Crippen molar-refractivity contribution in [3.05, 3.63) is 0 Å².